The smallest absolute Gasteiger partial charge is 0.241 e. The van der Waals surface area contributed by atoms with E-state index in [4.69, 9.17) is 0 Å². The van der Waals surface area contributed by atoms with Gasteiger partial charge in [0.2, 0.25) is 10.0 Å². The molecule has 7 heteroatoms. The third-order valence-corrected chi connectivity index (χ3v) is 5.81. The van der Waals surface area contributed by atoms with E-state index in [0.717, 1.165) is 28.1 Å². The van der Waals surface area contributed by atoms with E-state index in [9.17, 15) is 8.42 Å². The van der Waals surface area contributed by atoms with Crippen LogP contribution in [-0.2, 0) is 10.0 Å². The Morgan fingerprint density at radius 3 is 2.31 bits per heavy atom. The van der Waals surface area contributed by atoms with E-state index in [1.54, 1.807) is 0 Å². The van der Waals surface area contributed by atoms with Crippen LogP contribution in [-0.4, -0.2) is 27.7 Å². The van der Waals surface area contributed by atoms with E-state index < -0.39 is 10.0 Å². The molecular formula is C19H26N4O2S. The van der Waals surface area contributed by atoms with Crippen molar-refractivity contribution in [1.29, 1.82) is 0 Å². The molecule has 0 aliphatic rings. The van der Waals surface area contributed by atoms with E-state index >= 15 is 0 Å². The van der Waals surface area contributed by atoms with Gasteiger partial charge in [-0.25, -0.2) is 13.1 Å². The minimum atomic E-state index is -3.58. The van der Waals surface area contributed by atoms with Gasteiger partial charge in [-0.3, -0.25) is 5.43 Å². The molecule has 2 rings (SSSR count). The maximum Gasteiger partial charge on any atom is 0.241 e. The van der Waals surface area contributed by atoms with Crippen LogP contribution in [0.1, 0.15) is 23.6 Å². The number of hydrogen-bond donors (Lipinski definition) is 3. The van der Waals surface area contributed by atoms with Gasteiger partial charge in [-0.2, -0.15) is 5.10 Å². The first-order chi connectivity index (χ1) is 12.2. The molecule has 0 aliphatic carbocycles. The quantitative estimate of drug-likeness (QED) is 0.488. The summed E-state index contributed by atoms with van der Waals surface area (Å²) in [6.07, 6.45) is 0. The first-order valence-corrected chi connectivity index (χ1v) is 9.87. The SMILES string of the molecule is C=NNc1cccc(NCC(C)NS(=O)(=O)c2c(C)cc(C)cc2C)c1. The van der Waals surface area contributed by atoms with Crippen molar-refractivity contribution in [1.82, 2.24) is 4.72 Å². The molecule has 0 bridgehead atoms. The van der Waals surface area contributed by atoms with Crippen molar-refractivity contribution in [3.63, 3.8) is 0 Å². The van der Waals surface area contributed by atoms with E-state index in [0.29, 0.717) is 11.4 Å². The van der Waals surface area contributed by atoms with Crippen LogP contribution in [0.2, 0.25) is 0 Å². The number of rotatable bonds is 8. The summed E-state index contributed by atoms with van der Waals surface area (Å²) in [6.45, 7) is 11.3. The van der Waals surface area contributed by atoms with Crippen molar-refractivity contribution in [2.75, 3.05) is 17.3 Å². The summed E-state index contributed by atoms with van der Waals surface area (Å²) < 4.78 is 28.3. The fourth-order valence-corrected chi connectivity index (χ4v) is 4.71. The second kappa shape index (κ2) is 8.33. The average Bonchev–Trinajstić information content (AvgIpc) is 2.52. The van der Waals surface area contributed by atoms with Crippen molar-refractivity contribution in [2.24, 2.45) is 5.10 Å². The molecule has 6 nitrogen and oxygen atoms in total. The fraction of sp³-hybridized carbons (Fsp3) is 0.316. The topological polar surface area (TPSA) is 82.6 Å². The molecule has 2 aromatic carbocycles. The first kappa shape index (κ1) is 19.9. The minimum Gasteiger partial charge on any atom is -0.383 e. The maximum absolute atomic E-state index is 12.8. The lowest BCUT2D eigenvalue weighted by Gasteiger charge is -2.18. The summed E-state index contributed by atoms with van der Waals surface area (Å²) >= 11 is 0. The van der Waals surface area contributed by atoms with Crippen molar-refractivity contribution in [3.8, 4) is 0 Å². The van der Waals surface area contributed by atoms with Crippen LogP contribution in [0.4, 0.5) is 11.4 Å². The van der Waals surface area contributed by atoms with E-state index in [2.05, 4.69) is 27.3 Å². The average molecular weight is 375 g/mol. The van der Waals surface area contributed by atoms with Gasteiger partial charge in [-0.15, -0.1) is 0 Å². The predicted octanol–water partition coefficient (Wildman–Crippen LogP) is 3.42. The highest BCUT2D eigenvalue weighted by atomic mass is 32.2. The molecule has 1 unspecified atom stereocenters. The summed E-state index contributed by atoms with van der Waals surface area (Å²) in [5.41, 5.74) is 7.01. The van der Waals surface area contributed by atoms with Crippen LogP contribution in [0.15, 0.2) is 46.4 Å². The lowest BCUT2D eigenvalue weighted by Crippen LogP contribution is -2.38. The fourth-order valence-electron chi connectivity index (χ4n) is 3.02. The number of aryl methyl sites for hydroxylation is 3. The zero-order chi connectivity index (χ0) is 19.3. The van der Waals surface area contributed by atoms with Crippen LogP contribution < -0.4 is 15.5 Å². The molecule has 3 N–H and O–H groups in total. The Labute approximate surface area is 155 Å². The molecule has 2 aromatic rings. The number of hydrogen-bond acceptors (Lipinski definition) is 5. The van der Waals surface area contributed by atoms with Crippen LogP contribution in [0.25, 0.3) is 0 Å². The molecule has 0 aromatic heterocycles. The third-order valence-electron chi connectivity index (χ3n) is 3.91. The van der Waals surface area contributed by atoms with E-state index in [-0.39, 0.29) is 6.04 Å². The van der Waals surface area contributed by atoms with Crippen LogP contribution >= 0.6 is 0 Å². The van der Waals surface area contributed by atoms with Crippen molar-refractivity contribution in [2.45, 2.75) is 38.6 Å². The van der Waals surface area contributed by atoms with Gasteiger partial charge >= 0.3 is 0 Å². The zero-order valence-corrected chi connectivity index (χ0v) is 16.4. The number of benzene rings is 2. The lowest BCUT2D eigenvalue weighted by molar-refractivity contribution is 0.564. The lowest BCUT2D eigenvalue weighted by atomic mass is 10.1. The molecule has 1 atom stereocenters. The number of anilines is 2. The number of nitrogens with one attached hydrogen (secondary N) is 3. The van der Waals surface area contributed by atoms with Crippen LogP contribution in [0.3, 0.4) is 0 Å². The van der Waals surface area contributed by atoms with Crippen molar-refractivity contribution < 1.29 is 8.42 Å². The molecule has 0 fully saturated rings. The third kappa shape index (κ3) is 5.06. The molecule has 0 amide bonds. The highest BCUT2D eigenvalue weighted by Crippen LogP contribution is 2.22. The highest BCUT2D eigenvalue weighted by Gasteiger charge is 2.21. The molecule has 0 aliphatic heterocycles. The minimum absolute atomic E-state index is 0.283. The van der Waals surface area contributed by atoms with E-state index in [1.807, 2.05) is 64.1 Å². The molecule has 26 heavy (non-hydrogen) atoms. The molecular weight excluding hydrogens is 348 g/mol. The van der Waals surface area contributed by atoms with Gasteiger partial charge in [0.05, 0.1) is 10.6 Å². The van der Waals surface area contributed by atoms with Gasteiger partial charge < -0.3 is 5.32 Å². The second-order valence-electron chi connectivity index (χ2n) is 6.48. The van der Waals surface area contributed by atoms with Gasteiger partial charge in [0.1, 0.15) is 0 Å². The first-order valence-electron chi connectivity index (χ1n) is 8.39. The Morgan fingerprint density at radius 2 is 1.69 bits per heavy atom. The Hall–Kier alpha value is -2.38. The van der Waals surface area contributed by atoms with Crippen LogP contribution in [0.5, 0.6) is 0 Å². The Morgan fingerprint density at radius 1 is 1.08 bits per heavy atom. The molecule has 0 spiro atoms. The number of hydrazone groups is 1. The van der Waals surface area contributed by atoms with E-state index in [1.165, 1.54) is 0 Å². The standard InChI is InChI=1S/C19H26N4O2S/c1-13-9-14(2)19(15(3)10-13)26(24,25)23-16(4)12-21-17-7-6-8-18(11-17)22-20-5/h6-11,16,21-23H,5,12H2,1-4H3. The van der Waals surface area contributed by atoms with Crippen molar-refractivity contribution in [3.05, 3.63) is 53.1 Å². The highest BCUT2D eigenvalue weighted by molar-refractivity contribution is 7.89. The van der Waals surface area contributed by atoms with Gasteiger partial charge in [0.15, 0.2) is 0 Å². The largest absolute Gasteiger partial charge is 0.383 e. The summed E-state index contributed by atoms with van der Waals surface area (Å²) in [5.74, 6) is 0. The molecule has 0 radical (unpaired) electrons. The second-order valence-corrected chi connectivity index (χ2v) is 8.13. The summed E-state index contributed by atoms with van der Waals surface area (Å²) in [5, 5.41) is 6.85. The number of sulfonamides is 1. The Balaban J connectivity index is 2.06. The Bertz CT molecular complexity index is 871. The Kier molecular flexibility index (Phi) is 6.39. The summed E-state index contributed by atoms with van der Waals surface area (Å²) in [7, 11) is -3.58. The maximum atomic E-state index is 12.8. The van der Waals surface area contributed by atoms with Crippen molar-refractivity contribution >= 4 is 28.1 Å². The molecule has 0 heterocycles. The summed E-state index contributed by atoms with van der Waals surface area (Å²) in [4.78, 5) is 0.359. The predicted molar refractivity (Wildman–Crippen MR) is 109 cm³/mol. The zero-order valence-electron chi connectivity index (χ0n) is 15.6. The monoisotopic (exact) mass is 374 g/mol. The summed E-state index contributed by atoms with van der Waals surface area (Å²) in [6, 6.07) is 11.0. The molecule has 0 saturated carbocycles. The van der Waals surface area contributed by atoms with Gasteiger partial charge in [0, 0.05) is 25.0 Å². The number of nitrogens with zero attached hydrogens (tertiary/aromatic N) is 1. The normalized spacial score (nSPS) is 12.5. The van der Waals surface area contributed by atoms with Gasteiger partial charge in [-0.1, -0.05) is 23.8 Å². The van der Waals surface area contributed by atoms with Crippen LogP contribution in [0, 0.1) is 20.8 Å². The van der Waals surface area contributed by atoms with Gasteiger partial charge in [-0.05, 0) is 57.0 Å². The molecule has 140 valence electrons. The molecule has 0 saturated heterocycles. The van der Waals surface area contributed by atoms with Gasteiger partial charge in [0.25, 0.3) is 0 Å².